The molecular formula is C14H21FN2O2. The Hall–Kier alpha value is -1.46. The minimum atomic E-state index is -0.328. The number of halogens is 1. The largest absolute Gasteiger partial charge is 0.396 e. The number of carbonyl (C=O) groups is 1. The Morgan fingerprint density at radius 3 is 2.63 bits per heavy atom. The van der Waals surface area contributed by atoms with Crippen LogP contribution in [0.2, 0.25) is 0 Å². The molecule has 3 N–H and O–H groups in total. The molecule has 1 aromatic rings. The smallest absolute Gasteiger partial charge is 0.238 e. The molecule has 1 atom stereocenters. The van der Waals surface area contributed by atoms with Gasteiger partial charge < -0.3 is 15.7 Å². The second-order valence-electron chi connectivity index (χ2n) is 4.47. The second kappa shape index (κ2) is 8.61. The van der Waals surface area contributed by atoms with E-state index >= 15 is 0 Å². The summed E-state index contributed by atoms with van der Waals surface area (Å²) in [6.45, 7) is 3.13. The molecule has 1 aromatic carbocycles. The summed E-state index contributed by atoms with van der Waals surface area (Å²) in [5.41, 5.74) is 0.579. The summed E-state index contributed by atoms with van der Waals surface area (Å²) in [4.78, 5) is 11.6. The summed E-state index contributed by atoms with van der Waals surface area (Å²) in [6.07, 6.45) is 1.70. The minimum Gasteiger partial charge on any atom is -0.396 e. The Bertz CT molecular complexity index is 382. The van der Waals surface area contributed by atoms with E-state index in [2.05, 4.69) is 17.6 Å². The predicted octanol–water partition coefficient (Wildman–Crippen LogP) is 1.76. The third-order valence-corrected chi connectivity index (χ3v) is 2.96. The molecule has 19 heavy (non-hydrogen) atoms. The first kappa shape index (κ1) is 15.6. The Morgan fingerprint density at radius 2 is 2.05 bits per heavy atom. The van der Waals surface area contributed by atoms with Crippen molar-refractivity contribution in [1.29, 1.82) is 0 Å². The Morgan fingerprint density at radius 1 is 1.37 bits per heavy atom. The topological polar surface area (TPSA) is 61.4 Å². The van der Waals surface area contributed by atoms with E-state index in [0.29, 0.717) is 18.2 Å². The van der Waals surface area contributed by atoms with Crippen LogP contribution in [0.4, 0.5) is 10.1 Å². The number of nitrogens with one attached hydrogen (secondary N) is 2. The van der Waals surface area contributed by atoms with Crippen molar-refractivity contribution < 1.29 is 14.3 Å². The first-order valence-electron chi connectivity index (χ1n) is 6.52. The van der Waals surface area contributed by atoms with Gasteiger partial charge in [0.2, 0.25) is 5.91 Å². The lowest BCUT2D eigenvalue weighted by molar-refractivity contribution is -0.115. The molecule has 0 saturated heterocycles. The first-order valence-corrected chi connectivity index (χ1v) is 6.52. The Labute approximate surface area is 113 Å². The molecule has 0 saturated carbocycles. The van der Waals surface area contributed by atoms with Crippen molar-refractivity contribution in [2.45, 2.75) is 19.8 Å². The molecular weight excluding hydrogens is 247 g/mol. The van der Waals surface area contributed by atoms with Gasteiger partial charge in [-0.15, -0.1) is 0 Å². The lowest BCUT2D eigenvalue weighted by atomic mass is 10.0. The number of amides is 1. The van der Waals surface area contributed by atoms with Crippen LogP contribution in [0.1, 0.15) is 19.8 Å². The summed E-state index contributed by atoms with van der Waals surface area (Å²) in [5, 5.41) is 14.6. The molecule has 0 radical (unpaired) electrons. The second-order valence-corrected chi connectivity index (χ2v) is 4.47. The molecule has 106 valence electrons. The zero-order chi connectivity index (χ0) is 14.1. The number of carbonyl (C=O) groups excluding carboxylic acids is 1. The van der Waals surface area contributed by atoms with E-state index in [1.807, 2.05) is 0 Å². The van der Waals surface area contributed by atoms with Crippen LogP contribution in [0.25, 0.3) is 0 Å². The highest BCUT2D eigenvalue weighted by Crippen LogP contribution is 2.08. The molecule has 4 nitrogen and oxygen atoms in total. The third kappa shape index (κ3) is 6.31. The number of benzene rings is 1. The molecule has 0 bridgehead atoms. The van der Waals surface area contributed by atoms with Crippen molar-refractivity contribution in [1.82, 2.24) is 5.32 Å². The maximum Gasteiger partial charge on any atom is 0.238 e. The Kier molecular flexibility index (Phi) is 7.07. The van der Waals surface area contributed by atoms with Gasteiger partial charge >= 0.3 is 0 Å². The average molecular weight is 268 g/mol. The van der Waals surface area contributed by atoms with Gasteiger partial charge in [0.05, 0.1) is 6.54 Å². The zero-order valence-electron chi connectivity index (χ0n) is 11.2. The molecule has 0 aromatic heterocycles. The standard InChI is InChI=1S/C14H21FN2O2/c1-2-11(7-8-18)9-16-10-14(19)17-13-5-3-12(15)4-6-13/h3-6,11,16,18H,2,7-10H2,1H3,(H,17,19). The van der Waals surface area contributed by atoms with Crippen LogP contribution < -0.4 is 10.6 Å². The molecule has 0 fully saturated rings. The lowest BCUT2D eigenvalue weighted by Gasteiger charge is -2.14. The number of hydrogen-bond donors (Lipinski definition) is 3. The number of anilines is 1. The summed E-state index contributed by atoms with van der Waals surface area (Å²) < 4.78 is 12.7. The van der Waals surface area contributed by atoms with Crippen LogP contribution in [0.5, 0.6) is 0 Å². The average Bonchev–Trinajstić information content (AvgIpc) is 2.40. The van der Waals surface area contributed by atoms with Crippen LogP contribution in [0, 0.1) is 11.7 Å². The highest BCUT2D eigenvalue weighted by molar-refractivity contribution is 5.92. The van der Waals surface area contributed by atoms with Crippen molar-refractivity contribution in [3.63, 3.8) is 0 Å². The van der Waals surface area contributed by atoms with Crippen LogP contribution in [-0.4, -0.2) is 30.7 Å². The maximum atomic E-state index is 12.7. The molecule has 1 amide bonds. The fraction of sp³-hybridized carbons (Fsp3) is 0.500. The predicted molar refractivity (Wildman–Crippen MR) is 73.4 cm³/mol. The number of aliphatic hydroxyl groups excluding tert-OH is 1. The Balaban J connectivity index is 2.26. The lowest BCUT2D eigenvalue weighted by Crippen LogP contribution is -2.32. The number of hydrogen-bond acceptors (Lipinski definition) is 3. The van der Waals surface area contributed by atoms with Gasteiger partial charge in [0.25, 0.3) is 0 Å². The first-order chi connectivity index (χ1) is 9.15. The van der Waals surface area contributed by atoms with E-state index in [1.165, 1.54) is 24.3 Å². The van der Waals surface area contributed by atoms with Crippen LogP contribution >= 0.6 is 0 Å². The molecule has 0 heterocycles. The van der Waals surface area contributed by atoms with Gasteiger partial charge in [0.1, 0.15) is 5.82 Å². The van der Waals surface area contributed by atoms with Crippen LogP contribution in [0.15, 0.2) is 24.3 Å². The molecule has 0 aliphatic rings. The highest BCUT2D eigenvalue weighted by Gasteiger charge is 2.07. The highest BCUT2D eigenvalue weighted by atomic mass is 19.1. The van der Waals surface area contributed by atoms with Crippen molar-refractivity contribution in [3.8, 4) is 0 Å². The quantitative estimate of drug-likeness (QED) is 0.673. The molecule has 0 spiro atoms. The molecule has 1 rings (SSSR count). The van der Waals surface area contributed by atoms with Gasteiger partial charge in [-0.3, -0.25) is 4.79 Å². The SMILES string of the molecule is CCC(CCO)CNCC(=O)Nc1ccc(F)cc1. The van der Waals surface area contributed by atoms with E-state index in [-0.39, 0.29) is 24.9 Å². The normalized spacial score (nSPS) is 12.2. The van der Waals surface area contributed by atoms with E-state index in [9.17, 15) is 9.18 Å². The van der Waals surface area contributed by atoms with Gasteiger partial charge in [-0.1, -0.05) is 13.3 Å². The third-order valence-electron chi connectivity index (χ3n) is 2.96. The van der Waals surface area contributed by atoms with Crippen LogP contribution in [-0.2, 0) is 4.79 Å². The van der Waals surface area contributed by atoms with Crippen molar-refractivity contribution in [2.24, 2.45) is 5.92 Å². The van der Waals surface area contributed by atoms with E-state index < -0.39 is 0 Å². The molecule has 1 unspecified atom stereocenters. The van der Waals surface area contributed by atoms with Gasteiger partial charge in [0, 0.05) is 12.3 Å². The molecule has 0 aliphatic carbocycles. The van der Waals surface area contributed by atoms with E-state index in [1.54, 1.807) is 0 Å². The summed E-state index contributed by atoms with van der Waals surface area (Å²) in [7, 11) is 0. The van der Waals surface area contributed by atoms with E-state index in [0.717, 1.165) is 12.8 Å². The summed E-state index contributed by atoms with van der Waals surface area (Å²) in [6, 6.07) is 5.65. The molecule has 5 heteroatoms. The van der Waals surface area contributed by atoms with Crippen molar-refractivity contribution in [3.05, 3.63) is 30.1 Å². The monoisotopic (exact) mass is 268 g/mol. The van der Waals surface area contributed by atoms with Crippen LogP contribution in [0.3, 0.4) is 0 Å². The minimum absolute atomic E-state index is 0.162. The van der Waals surface area contributed by atoms with E-state index in [4.69, 9.17) is 5.11 Å². The number of rotatable bonds is 8. The van der Waals surface area contributed by atoms with Crippen molar-refractivity contribution >= 4 is 11.6 Å². The fourth-order valence-electron chi connectivity index (χ4n) is 1.76. The fourth-order valence-corrected chi connectivity index (χ4v) is 1.76. The summed E-state index contributed by atoms with van der Waals surface area (Å²) >= 11 is 0. The maximum absolute atomic E-state index is 12.7. The van der Waals surface area contributed by atoms with Gasteiger partial charge in [-0.2, -0.15) is 0 Å². The number of aliphatic hydroxyl groups is 1. The summed E-state index contributed by atoms with van der Waals surface area (Å²) in [5.74, 6) is -0.111. The van der Waals surface area contributed by atoms with Crippen molar-refractivity contribution in [2.75, 3.05) is 25.0 Å². The van der Waals surface area contributed by atoms with Gasteiger partial charge in [0.15, 0.2) is 0 Å². The molecule has 0 aliphatic heterocycles. The van der Waals surface area contributed by atoms with Gasteiger partial charge in [-0.25, -0.2) is 4.39 Å². The van der Waals surface area contributed by atoms with Gasteiger partial charge in [-0.05, 0) is 43.1 Å². The zero-order valence-corrected chi connectivity index (χ0v) is 11.2.